The summed E-state index contributed by atoms with van der Waals surface area (Å²) in [5.41, 5.74) is 2.69. The first-order chi connectivity index (χ1) is 7.42. The largest absolute Gasteiger partial charge is 0.395 e. The van der Waals surface area contributed by atoms with Gasteiger partial charge in [-0.05, 0) is 12.8 Å². The number of rotatable bonds is 3. The second-order valence-corrected chi connectivity index (χ2v) is 3.48. The number of carbonyl (C=O) groups is 1. The van der Waals surface area contributed by atoms with Crippen LogP contribution in [0.4, 0.5) is 0 Å². The summed E-state index contributed by atoms with van der Waals surface area (Å²) in [6.45, 7) is 2.24. The number of hydrogen-bond acceptors (Lipinski definition) is 2. The molecule has 0 aromatic rings. The fourth-order valence-electron chi connectivity index (χ4n) is 1.92. The molecule has 0 saturated heterocycles. The Hall–Kier alpha value is -0.774. The van der Waals surface area contributed by atoms with Crippen molar-refractivity contribution in [3.8, 4) is 0 Å². The van der Waals surface area contributed by atoms with Crippen LogP contribution in [0.25, 0.3) is 0 Å². The van der Waals surface area contributed by atoms with E-state index in [4.69, 9.17) is 4.79 Å². The average molecular weight is 394 g/mol. The van der Waals surface area contributed by atoms with Crippen molar-refractivity contribution in [2.75, 3.05) is 6.61 Å². The van der Waals surface area contributed by atoms with E-state index in [1.165, 1.54) is 11.1 Å². The smallest absolute Gasteiger partial charge is 0.106 e. The van der Waals surface area contributed by atoms with Crippen molar-refractivity contribution in [1.29, 1.82) is 0 Å². The van der Waals surface area contributed by atoms with Crippen LogP contribution in [0.1, 0.15) is 12.8 Å². The third kappa shape index (κ3) is 3.66. The van der Waals surface area contributed by atoms with E-state index in [0.29, 0.717) is 0 Å². The van der Waals surface area contributed by atoms with Crippen molar-refractivity contribution in [2.45, 2.75) is 12.8 Å². The van der Waals surface area contributed by atoms with Crippen LogP contribution in [-0.4, -0.2) is 18.5 Å². The van der Waals surface area contributed by atoms with E-state index in [-0.39, 0.29) is 32.3 Å². The van der Waals surface area contributed by atoms with Crippen molar-refractivity contribution >= 4 is 6.79 Å². The van der Waals surface area contributed by atoms with Crippen LogP contribution in [0, 0.1) is 5.92 Å². The summed E-state index contributed by atoms with van der Waals surface area (Å²) in [6.07, 6.45) is 14.7. The molecule has 2 aliphatic rings. The molecule has 2 aliphatic carbocycles. The maximum absolute atomic E-state index is 9.31. The Morgan fingerprint density at radius 3 is 1.81 bits per heavy atom. The average Bonchev–Trinajstić information content (AvgIpc) is 2.94. The van der Waals surface area contributed by atoms with Gasteiger partial charge in [-0.1, -0.05) is 47.6 Å². The van der Waals surface area contributed by atoms with Gasteiger partial charge in [0.2, 0.25) is 0 Å². The Labute approximate surface area is 109 Å². The molecule has 0 amide bonds. The van der Waals surface area contributed by atoms with Gasteiger partial charge in [0, 0.05) is 25.7 Å². The van der Waals surface area contributed by atoms with E-state index in [0.717, 1.165) is 12.8 Å². The summed E-state index contributed by atoms with van der Waals surface area (Å²) in [5.74, 6) is 0.255. The summed E-state index contributed by atoms with van der Waals surface area (Å²) >= 11 is 0. The first-order valence-electron chi connectivity index (χ1n) is 5.02. The van der Waals surface area contributed by atoms with Crippen LogP contribution in [0.3, 0.4) is 0 Å². The monoisotopic (exact) mass is 396 g/mol. The molecule has 2 rings (SSSR count). The first-order valence-corrected chi connectivity index (χ1v) is 5.02. The number of carbonyl (C=O) groups excluding carboxylic acids is 1. The second-order valence-electron chi connectivity index (χ2n) is 3.48. The molecule has 0 heterocycles. The van der Waals surface area contributed by atoms with Gasteiger partial charge >= 0.3 is 0 Å². The Balaban J connectivity index is 0.000000711. The van der Waals surface area contributed by atoms with Crippen molar-refractivity contribution in [3.63, 3.8) is 0 Å². The number of aliphatic hydroxyl groups excluding tert-OH is 1. The predicted molar refractivity (Wildman–Crippen MR) is 61.4 cm³/mol. The molecule has 0 aromatic heterocycles. The van der Waals surface area contributed by atoms with E-state index in [1.54, 1.807) is 0 Å². The minimum absolute atomic E-state index is 0. The van der Waals surface area contributed by atoms with Gasteiger partial charge in [0.05, 0.1) is 6.61 Å². The molecule has 16 heavy (non-hydrogen) atoms. The molecule has 88 valence electrons. The molecule has 0 atom stereocenters. The molecule has 0 radical (unpaired) electrons. The zero-order valence-corrected chi connectivity index (χ0v) is 11.6. The molecule has 0 aromatic carbocycles. The normalized spacial score (nSPS) is 16.4. The molecule has 0 unspecified atom stereocenters. The molecule has 0 aliphatic heterocycles. The SMILES string of the molecule is C=O.OCC(C1=CC=CC1)C1=CC=CC1.[Os]. The van der Waals surface area contributed by atoms with Crippen molar-refractivity contribution < 1.29 is 29.7 Å². The molecular formula is C13H16O2Os. The molecule has 0 bridgehead atoms. The molecule has 0 fully saturated rings. The first kappa shape index (κ1) is 15.2. The van der Waals surface area contributed by atoms with Crippen LogP contribution >= 0.6 is 0 Å². The summed E-state index contributed by atoms with van der Waals surface area (Å²) < 4.78 is 0. The number of hydrogen-bond donors (Lipinski definition) is 1. The standard InChI is InChI=1S/C12H14O.CH2O.Os/c13-9-12(10-5-1-2-6-10)11-7-3-4-8-11;1-2;/h1-5,7,12-13H,6,8-9H2;1H2;. The molecule has 0 saturated carbocycles. The van der Waals surface area contributed by atoms with E-state index >= 15 is 0 Å². The quantitative estimate of drug-likeness (QED) is 0.797. The van der Waals surface area contributed by atoms with Gasteiger partial charge in [0.25, 0.3) is 0 Å². The summed E-state index contributed by atoms with van der Waals surface area (Å²) in [4.78, 5) is 8.00. The summed E-state index contributed by atoms with van der Waals surface area (Å²) in [6, 6.07) is 0. The Bertz CT molecular complexity index is 297. The minimum Gasteiger partial charge on any atom is -0.395 e. The zero-order valence-electron chi connectivity index (χ0n) is 9.08. The van der Waals surface area contributed by atoms with Crippen LogP contribution in [0.5, 0.6) is 0 Å². The van der Waals surface area contributed by atoms with Crippen molar-refractivity contribution in [3.05, 3.63) is 47.6 Å². The Morgan fingerprint density at radius 2 is 1.56 bits per heavy atom. The van der Waals surface area contributed by atoms with Gasteiger partial charge in [-0.25, -0.2) is 0 Å². The van der Waals surface area contributed by atoms with Crippen molar-refractivity contribution in [1.82, 2.24) is 0 Å². The minimum atomic E-state index is 0. The van der Waals surface area contributed by atoms with Gasteiger partial charge in [-0.15, -0.1) is 0 Å². The van der Waals surface area contributed by atoms with Crippen LogP contribution in [0.15, 0.2) is 47.6 Å². The predicted octanol–water partition coefficient (Wildman–Crippen LogP) is 2.18. The number of allylic oxidation sites excluding steroid dienone is 6. The maximum atomic E-state index is 9.31. The third-order valence-corrected chi connectivity index (χ3v) is 2.68. The molecule has 2 nitrogen and oxygen atoms in total. The number of aliphatic hydroxyl groups is 1. The van der Waals surface area contributed by atoms with E-state index in [1.807, 2.05) is 6.79 Å². The molecule has 3 heteroatoms. The maximum Gasteiger partial charge on any atom is 0.106 e. The van der Waals surface area contributed by atoms with Gasteiger partial charge in [-0.2, -0.15) is 0 Å². The summed E-state index contributed by atoms with van der Waals surface area (Å²) in [5, 5.41) is 9.31. The zero-order chi connectivity index (χ0) is 11.1. The Kier molecular flexibility index (Phi) is 7.98. The van der Waals surface area contributed by atoms with Gasteiger partial charge < -0.3 is 9.90 Å². The van der Waals surface area contributed by atoms with Crippen LogP contribution < -0.4 is 0 Å². The fraction of sp³-hybridized carbons (Fsp3) is 0.308. The molecule has 0 spiro atoms. The topological polar surface area (TPSA) is 37.3 Å². The van der Waals surface area contributed by atoms with E-state index in [9.17, 15) is 5.11 Å². The van der Waals surface area contributed by atoms with Crippen LogP contribution in [-0.2, 0) is 24.6 Å². The summed E-state index contributed by atoms with van der Waals surface area (Å²) in [7, 11) is 0. The van der Waals surface area contributed by atoms with Gasteiger partial charge in [0.1, 0.15) is 6.79 Å². The fourth-order valence-corrected chi connectivity index (χ4v) is 1.92. The second kappa shape index (κ2) is 8.39. The molecular weight excluding hydrogens is 378 g/mol. The van der Waals surface area contributed by atoms with Crippen LogP contribution in [0.2, 0.25) is 0 Å². The Morgan fingerprint density at radius 1 is 1.12 bits per heavy atom. The van der Waals surface area contributed by atoms with Crippen molar-refractivity contribution in [2.24, 2.45) is 5.92 Å². The third-order valence-electron chi connectivity index (χ3n) is 2.68. The van der Waals surface area contributed by atoms with Gasteiger partial charge in [-0.3, -0.25) is 0 Å². The van der Waals surface area contributed by atoms with Gasteiger partial charge in [0.15, 0.2) is 0 Å². The van der Waals surface area contributed by atoms with E-state index < -0.39 is 0 Å². The molecule has 1 N–H and O–H groups in total. The van der Waals surface area contributed by atoms with E-state index in [2.05, 4.69) is 36.5 Å².